The minimum absolute atomic E-state index is 0.0593. The summed E-state index contributed by atoms with van der Waals surface area (Å²) in [7, 11) is -0.711. The number of furan rings is 1. The lowest BCUT2D eigenvalue weighted by Crippen LogP contribution is -2.40. The summed E-state index contributed by atoms with van der Waals surface area (Å²) < 4.78 is 45.6. The van der Waals surface area contributed by atoms with Gasteiger partial charge in [-0.25, -0.2) is 12.8 Å². The van der Waals surface area contributed by atoms with E-state index in [2.05, 4.69) is 10.6 Å². The number of fused-ring (bicyclic) bond motifs is 1. The monoisotopic (exact) mass is 517 g/mol. The van der Waals surface area contributed by atoms with Crippen molar-refractivity contribution in [2.75, 3.05) is 37.7 Å². The molecule has 9 nitrogen and oxygen atoms in total. The molecule has 1 amide bonds. The van der Waals surface area contributed by atoms with Crippen molar-refractivity contribution in [1.82, 2.24) is 10.6 Å². The number of amides is 1. The van der Waals surface area contributed by atoms with Crippen LogP contribution < -0.4 is 14.9 Å². The predicted molar refractivity (Wildman–Crippen MR) is 134 cm³/mol. The minimum Gasteiger partial charge on any atom is -0.481 e. The Morgan fingerprint density at radius 2 is 1.92 bits per heavy atom. The van der Waals surface area contributed by atoms with Gasteiger partial charge in [0.25, 0.3) is 5.91 Å². The molecule has 1 aromatic heterocycles. The molecule has 0 spiro atoms. The number of carboxylic acids is 1. The molecule has 0 radical (unpaired) electrons. The van der Waals surface area contributed by atoms with Gasteiger partial charge in [0.1, 0.15) is 17.2 Å². The molecule has 1 aliphatic rings. The molecule has 0 saturated carbocycles. The molecule has 0 bridgehead atoms. The fourth-order valence-electron chi connectivity index (χ4n) is 4.65. The number of sulfonamides is 1. The summed E-state index contributed by atoms with van der Waals surface area (Å²) in [5, 5.41) is 15.7. The third-order valence-corrected chi connectivity index (χ3v) is 7.78. The van der Waals surface area contributed by atoms with Crippen molar-refractivity contribution in [3.63, 3.8) is 0 Å². The van der Waals surface area contributed by atoms with E-state index in [9.17, 15) is 27.5 Å². The normalized spacial score (nSPS) is 18.2. The highest BCUT2D eigenvalue weighted by atomic mass is 32.2. The van der Waals surface area contributed by atoms with Gasteiger partial charge in [0.05, 0.1) is 23.4 Å². The third-order valence-electron chi connectivity index (χ3n) is 6.59. The smallest absolute Gasteiger partial charge is 0.307 e. The second-order valence-corrected chi connectivity index (χ2v) is 11.1. The predicted octanol–water partition coefficient (Wildman–Crippen LogP) is 2.85. The van der Waals surface area contributed by atoms with E-state index >= 15 is 0 Å². The molecule has 3 aromatic rings. The molecule has 2 unspecified atom stereocenters. The molecule has 4 rings (SSSR count). The van der Waals surface area contributed by atoms with Crippen molar-refractivity contribution in [2.45, 2.75) is 12.8 Å². The highest BCUT2D eigenvalue weighted by Crippen LogP contribution is 2.39. The van der Waals surface area contributed by atoms with Gasteiger partial charge in [0, 0.05) is 37.7 Å². The molecule has 1 aliphatic heterocycles. The van der Waals surface area contributed by atoms with Gasteiger partial charge in [-0.15, -0.1) is 0 Å². The SMILES string of the molecule is CNC(=O)c1c(-c2ccc(F)cc2)oc2cc(N(C)S(C)(=O)=O)c(CC3CNCC(C(=O)O)C3)cc12. The van der Waals surface area contributed by atoms with E-state index in [-0.39, 0.29) is 17.2 Å². The number of carbonyl (C=O) groups is 2. The average molecular weight is 518 g/mol. The van der Waals surface area contributed by atoms with Crippen LogP contribution in [0.25, 0.3) is 22.3 Å². The highest BCUT2D eigenvalue weighted by Gasteiger charge is 2.30. The fraction of sp³-hybridized carbons (Fsp3) is 0.360. The van der Waals surface area contributed by atoms with Gasteiger partial charge in [-0.05, 0) is 61.2 Å². The zero-order chi connectivity index (χ0) is 26.2. The molecule has 2 aromatic carbocycles. The standard InChI is InChI=1S/C25H28FN3O6S/c1-27-24(30)22-19-10-16(8-14-9-17(25(31)32)13-28-12-14)20(29(2)36(3,33)34)11-21(19)35-23(22)15-4-6-18(26)7-5-15/h4-7,10-11,14,17,28H,8-9,12-13H2,1-3H3,(H,27,30)(H,31,32). The lowest BCUT2D eigenvalue weighted by atomic mass is 9.85. The summed E-state index contributed by atoms with van der Waals surface area (Å²) >= 11 is 0. The zero-order valence-corrected chi connectivity index (χ0v) is 21.0. The molecule has 1 saturated heterocycles. The van der Waals surface area contributed by atoms with Gasteiger partial charge in [0.2, 0.25) is 10.0 Å². The summed E-state index contributed by atoms with van der Waals surface area (Å²) in [6.07, 6.45) is 1.93. The van der Waals surface area contributed by atoms with E-state index in [0.717, 1.165) is 10.6 Å². The summed E-state index contributed by atoms with van der Waals surface area (Å²) in [5.41, 5.74) is 2.06. The number of carbonyl (C=O) groups excluding carboxylic acids is 1. The van der Waals surface area contributed by atoms with Crippen LogP contribution in [0.2, 0.25) is 0 Å². The largest absolute Gasteiger partial charge is 0.481 e. The number of halogens is 1. The van der Waals surface area contributed by atoms with Crippen LogP contribution in [0.4, 0.5) is 10.1 Å². The molecule has 2 heterocycles. The Bertz CT molecular complexity index is 1420. The van der Waals surface area contributed by atoms with Gasteiger partial charge < -0.3 is 20.2 Å². The van der Waals surface area contributed by atoms with Crippen molar-refractivity contribution in [3.05, 3.63) is 53.3 Å². The fourth-order valence-corrected chi connectivity index (χ4v) is 5.18. The first-order chi connectivity index (χ1) is 17.0. The summed E-state index contributed by atoms with van der Waals surface area (Å²) in [6.45, 7) is 0.961. The Labute approximate surface area is 208 Å². The van der Waals surface area contributed by atoms with Crippen LogP contribution in [0, 0.1) is 17.7 Å². The Hall–Kier alpha value is -3.44. The van der Waals surface area contributed by atoms with Crippen molar-refractivity contribution in [3.8, 4) is 11.3 Å². The lowest BCUT2D eigenvalue weighted by Gasteiger charge is -2.29. The van der Waals surface area contributed by atoms with Crippen molar-refractivity contribution < 1.29 is 31.9 Å². The zero-order valence-electron chi connectivity index (χ0n) is 20.2. The van der Waals surface area contributed by atoms with Gasteiger partial charge in [-0.1, -0.05) is 0 Å². The van der Waals surface area contributed by atoms with Gasteiger partial charge >= 0.3 is 5.97 Å². The molecule has 192 valence electrons. The Kier molecular flexibility index (Phi) is 7.05. The van der Waals surface area contributed by atoms with Crippen LogP contribution in [-0.2, 0) is 21.2 Å². The quantitative estimate of drug-likeness (QED) is 0.440. The Balaban J connectivity index is 1.89. The minimum atomic E-state index is -3.63. The van der Waals surface area contributed by atoms with Crippen LogP contribution in [0.5, 0.6) is 0 Å². The van der Waals surface area contributed by atoms with Gasteiger partial charge in [-0.2, -0.15) is 0 Å². The first-order valence-corrected chi connectivity index (χ1v) is 13.3. The Morgan fingerprint density at radius 3 is 2.53 bits per heavy atom. The maximum Gasteiger partial charge on any atom is 0.307 e. The van der Waals surface area contributed by atoms with E-state index < -0.39 is 33.6 Å². The average Bonchev–Trinajstić information content (AvgIpc) is 3.21. The van der Waals surface area contributed by atoms with Crippen molar-refractivity contribution in [2.24, 2.45) is 11.8 Å². The number of aliphatic carboxylic acids is 1. The number of carboxylic acid groups (broad SMARTS) is 1. The number of nitrogens with one attached hydrogen (secondary N) is 2. The lowest BCUT2D eigenvalue weighted by molar-refractivity contribution is -0.142. The maximum absolute atomic E-state index is 13.5. The molecule has 36 heavy (non-hydrogen) atoms. The van der Waals surface area contributed by atoms with E-state index in [1.807, 2.05) is 0 Å². The van der Waals surface area contributed by atoms with Crippen molar-refractivity contribution in [1.29, 1.82) is 0 Å². The number of benzene rings is 2. The van der Waals surface area contributed by atoms with Crippen LogP contribution in [0.15, 0.2) is 40.8 Å². The third kappa shape index (κ3) is 5.07. The molecule has 0 aliphatic carbocycles. The number of hydrogen-bond acceptors (Lipinski definition) is 6. The number of rotatable bonds is 7. The molecule has 2 atom stereocenters. The maximum atomic E-state index is 13.5. The molecule has 11 heteroatoms. The molecule has 1 fully saturated rings. The van der Waals surface area contributed by atoms with Crippen LogP contribution in [-0.4, -0.2) is 58.8 Å². The summed E-state index contributed by atoms with van der Waals surface area (Å²) in [4.78, 5) is 24.5. The number of anilines is 1. The number of nitrogens with zero attached hydrogens (tertiary/aromatic N) is 1. The van der Waals surface area contributed by atoms with Gasteiger partial charge in [0.15, 0.2) is 0 Å². The van der Waals surface area contributed by atoms with E-state index in [1.54, 1.807) is 12.1 Å². The first-order valence-electron chi connectivity index (χ1n) is 11.4. The van der Waals surface area contributed by atoms with E-state index in [1.165, 1.54) is 38.4 Å². The second kappa shape index (κ2) is 9.90. The molecule has 3 N–H and O–H groups in total. The highest BCUT2D eigenvalue weighted by molar-refractivity contribution is 7.92. The van der Waals surface area contributed by atoms with Crippen LogP contribution in [0.3, 0.4) is 0 Å². The number of hydrogen-bond donors (Lipinski definition) is 3. The first kappa shape index (κ1) is 25.6. The Morgan fingerprint density at radius 1 is 1.22 bits per heavy atom. The van der Waals surface area contributed by atoms with Gasteiger partial charge in [-0.3, -0.25) is 13.9 Å². The topological polar surface area (TPSA) is 129 Å². The molecular formula is C25H28FN3O6S. The summed E-state index contributed by atoms with van der Waals surface area (Å²) in [6, 6.07) is 8.85. The van der Waals surface area contributed by atoms with Crippen molar-refractivity contribution >= 4 is 38.6 Å². The molecular weight excluding hydrogens is 489 g/mol. The van der Waals surface area contributed by atoms with Crippen LogP contribution >= 0.6 is 0 Å². The van der Waals surface area contributed by atoms with Crippen LogP contribution in [0.1, 0.15) is 22.3 Å². The number of piperidine rings is 1. The second-order valence-electron chi connectivity index (χ2n) is 9.10. The van der Waals surface area contributed by atoms with E-state index in [0.29, 0.717) is 53.7 Å². The van der Waals surface area contributed by atoms with E-state index in [4.69, 9.17) is 4.42 Å². The summed E-state index contributed by atoms with van der Waals surface area (Å²) in [5.74, 6) is -2.08.